The molecule has 2 aliphatic rings. The van der Waals surface area contributed by atoms with Gasteiger partial charge in [-0.3, -0.25) is 0 Å². The van der Waals surface area contributed by atoms with Crippen molar-refractivity contribution in [3.63, 3.8) is 0 Å². The second kappa shape index (κ2) is 2.26. The van der Waals surface area contributed by atoms with Crippen molar-refractivity contribution in [3.05, 3.63) is 0 Å². The van der Waals surface area contributed by atoms with Gasteiger partial charge in [-0.2, -0.15) is 0 Å². The molecule has 0 bridgehead atoms. The van der Waals surface area contributed by atoms with E-state index in [1.807, 2.05) is 0 Å². The molecule has 0 amide bonds. The molecule has 2 aliphatic heterocycles. The normalized spacial score (nSPS) is 31.3. The lowest BCUT2D eigenvalue weighted by Crippen LogP contribution is -2.41. The molecule has 2 saturated heterocycles. The van der Waals surface area contributed by atoms with Crippen molar-refractivity contribution in [2.75, 3.05) is 20.1 Å². The van der Waals surface area contributed by atoms with Crippen molar-refractivity contribution in [3.8, 4) is 0 Å². The second-order valence-corrected chi connectivity index (χ2v) is 3.91. The maximum absolute atomic E-state index is 2.54. The third-order valence-electron chi connectivity index (χ3n) is 3.20. The summed E-state index contributed by atoms with van der Waals surface area (Å²) in [6.45, 7) is 2.63. The van der Waals surface area contributed by atoms with Gasteiger partial charge in [0.15, 0.2) is 0 Å². The molecular weight excluding hydrogens is 121 g/mol. The molecule has 0 aliphatic carbocycles. The van der Waals surface area contributed by atoms with E-state index in [0.29, 0.717) is 5.31 Å². The molecule has 1 radical (unpaired) electrons. The molecule has 10 heavy (non-hydrogen) atoms. The maximum Gasteiger partial charge on any atom is 0.117 e. The third kappa shape index (κ3) is 0.988. The Morgan fingerprint density at radius 1 is 1.20 bits per heavy atom. The number of rotatable bonds is 0. The first-order chi connectivity index (χ1) is 4.81. The van der Waals surface area contributed by atoms with Crippen LogP contribution in [0.2, 0.25) is 11.6 Å². The van der Waals surface area contributed by atoms with E-state index in [0.717, 1.165) is 0 Å². The fourth-order valence-corrected chi connectivity index (χ4v) is 2.07. The molecule has 0 aromatic heterocycles. The Hall–Kier alpha value is 0.0249. The van der Waals surface area contributed by atoms with Gasteiger partial charge in [-0.05, 0) is 33.0 Å². The highest BCUT2D eigenvalue weighted by Gasteiger charge is 2.39. The van der Waals surface area contributed by atoms with Crippen molar-refractivity contribution in [2.24, 2.45) is 0 Å². The minimum absolute atomic E-state index is 0.715. The maximum atomic E-state index is 2.54. The Labute approximate surface area is 64.0 Å². The predicted molar refractivity (Wildman–Crippen MR) is 44.6 cm³/mol. The average molecular weight is 136 g/mol. The van der Waals surface area contributed by atoms with E-state index in [4.69, 9.17) is 0 Å². The smallest absolute Gasteiger partial charge is 0.117 e. The van der Waals surface area contributed by atoms with Gasteiger partial charge in [0.05, 0.1) is 0 Å². The summed E-state index contributed by atoms with van der Waals surface area (Å²) in [5, 5.41) is 0.715. The standard InChI is InChI=1S/C8H15BN/c1-10-6-3-8(4-7-10)2-5-9-8/h2-7H2,1H3. The van der Waals surface area contributed by atoms with Crippen LogP contribution in [0.1, 0.15) is 19.3 Å². The van der Waals surface area contributed by atoms with Crippen LogP contribution in [0.15, 0.2) is 0 Å². The van der Waals surface area contributed by atoms with E-state index in [1.54, 1.807) is 0 Å². The van der Waals surface area contributed by atoms with E-state index >= 15 is 0 Å². The zero-order valence-electron chi connectivity index (χ0n) is 6.77. The van der Waals surface area contributed by atoms with Crippen LogP contribution in [-0.2, 0) is 0 Å². The minimum Gasteiger partial charge on any atom is -0.306 e. The van der Waals surface area contributed by atoms with Gasteiger partial charge in [-0.1, -0.05) is 18.1 Å². The van der Waals surface area contributed by atoms with Crippen LogP contribution in [0.4, 0.5) is 0 Å². The van der Waals surface area contributed by atoms with E-state index < -0.39 is 0 Å². The Kier molecular flexibility index (Phi) is 1.52. The zero-order chi connectivity index (χ0) is 7.03. The molecule has 1 spiro atoms. The molecule has 0 aromatic rings. The quantitative estimate of drug-likeness (QED) is 0.455. The van der Waals surface area contributed by atoms with Gasteiger partial charge in [-0.15, -0.1) is 0 Å². The lowest BCUT2D eigenvalue weighted by atomic mass is 9.35. The van der Waals surface area contributed by atoms with Crippen LogP contribution in [0.5, 0.6) is 0 Å². The van der Waals surface area contributed by atoms with Gasteiger partial charge < -0.3 is 4.90 Å². The fourth-order valence-electron chi connectivity index (χ4n) is 2.07. The summed E-state index contributed by atoms with van der Waals surface area (Å²) in [4.78, 5) is 2.44. The molecule has 55 valence electrons. The van der Waals surface area contributed by atoms with Crippen LogP contribution in [0.25, 0.3) is 0 Å². The highest BCUT2D eigenvalue weighted by Crippen LogP contribution is 2.50. The largest absolute Gasteiger partial charge is 0.306 e. The van der Waals surface area contributed by atoms with Gasteiger partial charge in [0.25, 0.3) is 0 Å². The highest BCUT2D eigenvalue weighted by atomic mass is 15.1. The lowest BCUT2D eigenvalue weighted by molar-refractivity contribution is 0.213. The van der Waals surface area contributed by atoms with Crippen LogP contribution in [0, 0.1) is 0 Å². The average Bonchev–Trinajstić information content (AvgIpc) is 1.86. The fraction of sp³-hybridized carbons (Fsp3) is 1.00. The van der Waals surface area contributed by atoms with Gasteiger partial charge >= 0.3 is 0 Å². The number of hydrogen-bond donors (Lipinski definition) is 0. The SMILES string of the molecule is CN1CCC2([B]CC2)CC1. The highest BCUT2D eigenvalue weighted by molar-refractivity contribution is 6.44. The first-order valence-electron chi connectivity index (χ1n) is 4.34. The minimum atomic E-state index is 0.715. The van der Waals surface area contributed by atoms with Gasteiger partial charge in [0, 0.05) is 0 Å². The summed E-state index contributed by atoms with van der Waals surface area (Å²) in [5.74, 6) is 0. The Bertz CT molecular complexity index is 121. The van der Waals surface area contributed by atoms with Crippen LogP contribution in [-0.4, -0.2) is 32.3 Å². The van der Waals surface area contributed by atoms with Gasteiger partial charge in [0.2, 0.25) is 0 Å². The number of nitrogens with zero attached hydrogens (tertiary/aromatic N) is 1. The second-order valence-electron chi connectivity index (χ2n) is 3.91. The van der Waals surface area contributed by atoms with Crippen LogP contribution < -0.4 is 0 Å². The summed E-state index contributed by atoms with van der Waals surface area (Å²) in [6, 6.07) is 0. The zero-order valence-corrected chi connectivity index (χ0v) is 6.77. The molecule has 2 heteroatoms. The summed E-state index contributed by atoms with van der Waals surface area (Å²) in [5.41, 5.74) is 0. The molecule has 0 unspecified atom stereocenters. The Balaban J connectivity index is 1.90. The third-order valence-corrected chi connectivity index (χ3v) is 3.20. The molecule has 0 N–H and O–H groups in total. The van der Waals surface area contributed by atoms with Crippen LogP contribution >= 0.6 is 0 Å². The molecule has 0 aromatic carbocycles. The summed E-state index contributed by atoms with van der Waals surface area (Å²) in [7, 11) is 4.77. The van der Waals surface area contributed by atoms with Crippen LogP contribution in [0.3, 0.4) is 0 Å². The number of hydrogen-bond acceptors (Lipinski definition) is 1. The summed E-state index contributed by atoms with van der Waals surface area (Å²) in [6.07, 6.45) is 5.69. The molecule has 2 rings (SSSR count). The molecule has 2 heterocycles. The van der Waals surface area contributed by atoms with E-state index in [-0.39, 0.29) is 0 Å². The van der Waals surface area contributed by atoms with Crippen molar-refractivity contribution in [1.29, 1.82) is 0 Å². The molecule has 2 fully saturated rings. The molecule has 1 nitrogen and oxygen atoms in total. The predicted octanol–water partition coefficient (Wildman–Crippen LogP) is 1.40. The van der Waals surface area contributed by atoms with Crippen molar-refractivity contribution < 1.29 is 0 Å². The van der Waals surface area contributed by atoms with Crippen molar-refractivity contribution in [2.45, 2.75) is 30.9 Å². The lowest BCUT2D eigenvalue weighted by Gasteiger charge is -2.46. The van der Waals surface area contributed by atoms with E-state index in [9.17, 15) is 0 Å². The molecular formula is C8H15BN. The van der Waals surface area contributed by atoms with E-state index in [2.05, 4.69) is 19.2 Å². The molecule has 0 saturated carbocycles. The van der Waals surface area contributed by atoms with Gasteiger partial charge in [0.1, 0.15) is 7.28 Å². The Morgan fingerprint density at radius 2 is 1.80 bits per heavy atom. The first kappa shape index (κ1) is 6.72. The first-order valence-corrected chi connectivity index (χ1v) is 4.34. The van der Waals surface area contributed by atoms with Crippen molar-refractivity contribution in [1.82, 2.24) is 4.90 Å². The summed E-state index contributed by atoms with van der Waals surface area (Å²) >= 11 is 0. The summed E-state index contributed by atoms with van der Waals surface area (Å²) < 4.78 is 0. The van der Waals surface area contributed by atoms with Crippen molar-refractivity contribution >= 4 is 7.28 Å². The Morgan fingerprint density at radius 3 is 2.20 bits per heavy atom. The number of piperidine rings is 1. The van der Waals surface area contributed by atoms with Gasteiger partial charge in [-0.25, -0.2) is 0 Å². The monoisotopic (exact) mass is 136 g/mol. The number of likely N-dealkylation sites (tertiary alicyclic amines) is 1. The van der Waals surface area contributed by atoms with E-state index in [1.165, 1.54) is 38.7 Å². The topological polar surface area (TPSA) is 3.24 Å². The molecule has 0 atom stereocenters.